The largest absolute Gasteiger partial charge is 0.375 e. The molecular weight excluding hydrogens is 287 g/mol. The average molecular weight is 293 g/mol. The Balaban J connectivity index is 2.36. The van der Waals surface area contributed by atoms with Gasteiger partial charge in [-0.2, -0.15) is 0 Å². The molecule has 0 saturated heterocycles. The van der Waals surface area contributed by atoms with Crippen molar-refractivity contribution in [1.29, 1.82) is 0 Å². The minimum Gasteiger partial charge on any atom is -0.375 e. The lowest BCUT2D eigenvalue weighted by molar-refractivity contribution is 1.12. The van der Waals surface area contributed by atoms with Crippen LogP contribution in [-0.4, -0.2) is 10.1 Å². The molecule has 4 N–H and O–H groups in total. The molecule has 0 saturated carbocycles. The molecule has 0 spiro atoms. The van der Waals surface area contributed by atoms with Gasteiger partial charge in [0.2, 0.25) is 5.13 Å². The number of hydrogen-bond acceptors (Lipinski definition) is 4. The molecule has 0 atom stereocenters. The fraction of sp³-hybridized carbons (Fsp3) is 0. The van der Waals surface area contributed by atoms with Crippen LogP contribution in [-0.2, 0) is 0 Å². The number of rotatable bonds is 2. The van der Waals surface area contributed by atoms with Crippen LogP contribution in [0.4, 0.5) is 5.13 Å². The zero-order valence-corrected chi connectivity index (χ0v) is 10.9. The van der Waals surface area contributed by atoms with Crippen LogP contribution in [0.5, 0.6) is 0 Å². The van der Waals surface area contributed by atoms with E-state index in [1.807, 2.05) is 0 Å². The van der Waals surface area contributed by atoms with Crippen molar-refractivity contribution in [2.24, 2.45) is 5.73 Å². The zero-order chi connectivity index (χ0) is 11.7. The average Bonchev–Trinajstić information content (AvgIpc) is 2.57. The summed E-state index contributed by atoms with van der Waals surface area (Å²) in [6.45, 7) is 0. The summed E-state index contributed by atoms with van der Waals surface area (Å²) in [5, 5.41) is 1.85. The van der Waals surface area contributed by atoms with Crippen molar-refractivity contribution in [3.05, 3.63) is 22.2 Å². The van der Waals surface area contributed by atoms with Gasteiger partial charge in [-0.25, -0.2) is 4.98 Å². The Bertz CT molecular complexity index is 554. The van der Waals surface area contributed by atoms with Crippen molar-refractivity contribution in [1.82, 2.24) is 10.4 Å². The molecule has 0 amide bonds. The number of nitrogens with one attached hydrogen (secondary N) is 2. The number of hydrogen-bond donors (Lipinski definition) is 3. The topological polar surface area (TPSA) is 63.0 Å². The van der Waals surface area contributed by atoms with Crippen LogP contribution in [0, 0.1) is 0 Å². The van der Waals surface area contributed by atoms with E-state index < -0.39 is 0 Å². The number of nitrogens with two attached hydrogens (primary N) is 1. The second-order valence-electron chi connectivity index (χ2n) is 2.87. The number of hydrazine groups is 1. The van der Waals surface area contributed by atoms with Gasteiger partial charge in [0.25, 0.3) is 0 Å². The summed E-state index contributed by atoms with van der Waals surface area (Å²) in [6.07, 6.45) is 0. The lowest BCUT2D eigenvalue weighted by Gasteiger charge is -2.01. The maximum atomic E-state index is 6.00. The van der Waals surface area contributed by atoms with E-state index in [4.69, 9.17) is 28.9 Å². The minimum atomic E-state index is 0.142. The summed E-state index contributed by atoms with van der Waals surface area (Å²) in [4.78, 5) is 4.26. The van der Waals surface area contributed by atoms with Gasteiger partial charge in [-0.1, -0.05) is 34.5 Å². The number of aromatic nitrogens is 1. The molecule has 1 aromatic heterocycles. The minimum absolute atomic E-state index is 0.142. The van der Waals surface area contributed by atoms with Gasteiger partial charge in [0, 0.05) is 5.02 Å². The van der Waals surface area contributed by atoms with Gasteiger partial charge in [0.1, 0.15) is 5.52 Å². The predicted molar refractivity (Wildman–Crippen MR) is 73.2 cm³/mol. The Morgan fingerprint density at radius 2 is 2.19 bits per heavy atom. The molecule has 2 rings (SSSR count). The van der Waals surface area contributed by atoms with Gasteiger partial charge >= 0.3 is 0 Å². The van der Waals surface area contributed by atoms with Crippen LogP contribution in [0.25, 0.3) is 10.2 Å². The highest BCUT2D eigenvalue weighted by atomic mass is 35.5. The van der Waals surface area contributed by atoms with Gasteiger partial charge in [-0.05, 0) is 24.4 Å². The van der Waals surface area contributed by atoms with E-state index in [-0.39, 0.29) is 5.11 Å². The quantitative estimate of drug-likeness (QED) is 0.587. The fourth-order valence-corrected chi connectivity index (χ4v) is 2.72. The molecule has 0 radical (unpaired) electrons. The van der Waals surface area contributed by atoms with E-state index in [0.29, 0.717) is 20.7 Å². The van der Waals surface area contributed by atoms with Crippen molar-refractivity contribution < 1.29 is 0 Å². The molecule has 16 heavy (non-hydrogen) atoms. The monoisotopic (exact) mass is 292 g/mol. The number of anilines is 1. The molecule has 0 bridgehead atoms. The summed E-state index contributed by atoms with van der Waals surface area (Å²) in [5.74, 6) is 0. The van der Waals surface area contributed by atoms with E-state index >= 15 is 0 Å². The molecule has 0 fully saturated rings. The smallest absolute Gasteiger partial charge is 0.202 e. The Labute approximate surface area is 111 Å². The first-order chi connectivity index (χ1) is 7.56. The summed E-state index contributed by atoms with van der Waals surface area (Å²) in [5.41, 5.74) is 11.3. The van der Waals surface area contributed by atoms with E-state index in [9.17, 15) is 0 Å². The van der Waals surface area contributed by atoms with Crippen molar-refractivity contribution in [3.63, 3.8) is 0 Å². The number of fused-ring (bicyclic) bond motifs is 1. The lowest BCUT2D eigenvalue weighted by atomic mass is 10.3. The molecule has 1 heterocycles. The van der Waals surface area contributed by atoms with Crippen molar-refractivity contribution in [2.45, 2.75) is 0 Å². The Kier molecular flexibility index (Phi) is 3.34. The molecule has 1 aromatic carbocycles. The van der Waals surface area contributed by atoms with Crippen molar-refractivity contribution in [3.8, 4) is 0 Å². The summed E-state index contributed by atoms with van der Waals surface area (Å²) < 4.78 is 0.893. The standard InChI is InChI=1S/C8H6Cl2N4S2/c9-3-1-4(10)6-5(2-3)16-8(12-6)14-13-7(11)15/h1-2H,(H,12,14)(H3,11,13,15). The highest BCUT2D eigenvalue weighted by Crippen LogP contribution is 2.33. The maximum Gasteiger partial charge on any atom is 0.202 e. The number of thiazole rings is 1. The Morgan fingerprint density at radius 1 is 1.44 bits per heavy atom. The van der Waals surface area contributed by atoms with E-state index in [2.05, 4.69) is 28.1 Å². The second kappa shape index (κ2) is 4.58. The number of nitrogens with zero attached hydrogens (tertiary/aromatic N) is 1. The zero-order valence-electron chi connectivity index (χ0n) is 7.75. The van der Waals surface area contributed by atoms with Gasteiger partial charge in [0.15, 0.2) is 5.11 Å². The highest BCUT2D eigenvalue weighted by Gasteiger charge is 2.08. The molecule has 0 aliphatic rings. The normalized spacial score (nSPS) is 10.4. The van der Waals surface area contributed by atoms with E-state index in [1.54, 1.807) is 12.1 Å². The first kappa shape index (κ1) is 11.7. The molecule has 4 nitrogen and oxygen atoms in total. The molecule has 0 unspecified atom stereocenters. The fourth-order valence-electron chi connectivity index (χ4n) is 1.13. The van der Waals surface area contributed by atoms with Crippen LogP contribution in [0.1, 0.15) is 0 Å². The third-order valence-electron chi connectivity index (χ3n) is 1.71. The molecule has 8 heteroatoms. The molecule has 0 aliphatic carbocycles. The first-order valence-corrected chi connectivity index (χ1v) is 6.11. The van der Waals surface area contributed by atoms with Crippen molar-refractivity contribution >= 4 is 67.2 Å². The number of benzene rings is 1. The predicted octanol–water partition coefficient (Wildman–Crippen LogP) is 2.76. The van der Waals surface area contributed by atoms with Crippen LogP contribution in [0.15, 0.2) is 12.1 Å². The second-order valence-corrected chi connectivity index (χ2v) is 5.18. The van der Waals surface area contributed by atoms with Crippen molar-refractivity contribution in [2.75, 3.05) is 5.43 Å². The maximum absolute atomic E-state index is 6.00. The number of halogens is 2. The third kappa shape index (κ3) is 2.46. The highest BCUT2D eigenvalue weighted by molar-refractivity contribution is 7.80. The van der Waals surface area contributed by atoms with Crippen LogP contribution >= 0.6 is 46.8 Å². The lowest BCUT2D eigenvalue weighted by Crippen LogP contribution is -2.33. The van der Waals surface area contributed by atoms with Crippen LogP contribution in [0.3, 0.4) is 0 Å². The van der Waals surface area contributed by atoms with E-state index in [1.165, 1.54) is 11.3 Å². The van der Waals surface area contributed by atoms with E-state index in [0.717, 1.165) is 4.70 Å². The van der Waals surface area contributed by atoms with Gasteiger partial charge in [0.05, 0.1) is 9.72 Å². The molecule has 2 aromatic rings. The number of thiocarbonyl (C=S) groups is 1. The van der Waals surface area contributed by atoms with Gasteiger partial charge < -0.3 is 5.73 Å². The molecular formula is C8H6Cl2N4S2. The molecule has 0 aliphatic heterocycles. The first-order valence-electron chi connectivity index (χ1n) is 4.13. The third-order valence-corrected chi connectivity index (χ3v) is 3.23. The SMILES string of the molecule is NC(=S)NNc1nc2c(Cl)cc(Cl)cc2s1. The summed E-state index contributed by atoms with van der Waals surface area (Å²) in [6, 6.07) is 3.45. The van der Waals surface area contributed by atoms with Crippen LogP contribution < -0.4 is 16.6 Å². The van der Waals surface area contributed by atoms with Gasteiger partial charge in [-0.15, -0.1) is 0 Å². The van der Waals surface area contributed by atoms with Crippen LogP contribution in [0.2, 0.25) is 10.0 Å². The Morgan fingerprint density at radius 3 is 2.88 bits per heavy atom. The Hall–Kier alpha value is -0.820. The molecule has 84 valence electrons. The summed E-state index contributed by atoms with van der Waals surface area (Å²) >= 11 is 17.9. The van der Waals surface area contributed by atoms with Gasteiger partial charge in [-0.3, -0.25) is 10.9 Å². The summed E-state index contributed by atoms with van der Waals surface area (Å²) in [7, 11) is 0.